The quantitative estimate of drug-likeness (QED) is 0.178. The van der Waals surface area contributed by atoms with Crippen LogP contribution in [0.4, 0.5) is 0 Å². The largest absolute Gasteiger partial charge is 0.490 e. The van der Waals surface area contributed by atoms with Gasteiger partial charge in [-0.25, -0.2) is 4.79 Å². The molecule has 0 bridgehead atoms. The molecule has 3 rings (SSSR count). The lowest BCUT2D eigenvalue weighted by Gasteiger charge is -2.14. The van der Waals surface area contributed by atoms with Gasteiger partial charge in [-0.15, -0.1) is 0 Å². The Morgan fingerprint density at radius 2 is 1.69 bits per heavy atom. The SMILES string of the molecule is C=C(C)C(=O)OCCOc1cc(-c2ccc(C#Cc3ccccc3)c(CC)c2)ccc1CCCO. The Bertz CT molecular complexity index is 1220. The normalized spacial score (nSPS) is 10.3. The van der Waals surface area contributed by atoms with Crippen molar-refractivity contribution in [2.75, 3.05) is 19.8 Å². The van der Waals surface area contributed by atoms with Gasteiger partial charge >= 0.3 is 5.97 Å². The fourth-order valence-electron chi connectivity index (χ4n) is 3.60. The first-order valence-corrected chi connectivity index (χ1v) is 11.9. The second kappa shape index (κ2) is 13.2. The van der Waals surface area contributed by atoms with Crippen molar-refractivity contribution in [3.05, 3.63) is 101 Å². The third kappa shape index (κ3) is 7.60. The van der Waals surface area contributed by atoms with Gasteiger partial charge in [-0.1, -0.05) is 61.7 Å². The lowest BCUT2D eigenvalue weighted by molar-refractivity contribution is -0.139. The first-order chi connectivity index (χ1) is 17.0. The molecular weight excluding hydrogens is 436 g/mol. The summed E-state index contributed by atoms with van der Waals surface area (Å²) in [5, 5.41) is 9.26. The van der Waals surface area contributed by atoms with Crippen LogP contribution in [0.3, 0.4) is 0 Å². The van der Waals surface area contributed by atoms with Gasteiger partial charge in [0.05, 0.1) is 0 Å². The third-order valence-corrected chi connectivity index (χ3v) is 5.53. The van der Waals surface area contributed by atoms with Gasteiger partial charge in [0.1, 0.15) is 19.0 Å². The molecule has 1 N–H and O–H groups in total. The van der Waals surface area contributed by atoms with E-state index in [1.54, 1.807) is 6.92 Å². The highest BCUT2D eigenvalue weighted by molar-refractivity contribution is 5.86. The van der Waals surface area contributed by atoms with E-state index < -0.39 is 5.97 Å². The Kier molecular flexibility index (Phi) is 9.71. The number of carbonyl (C=O) groups excluding carboxylic acids is 1. The standard InChI is InChI=1S/C31H32O4/c1-4-25-21-28(16-14-26(25)13-12-24-9-6-5-7-10-24)29-17-15-27(11-8-18-32)30(22-29)34-19-20-35-31(33)23(2)3/h5-7,9-10,14-17,21-22,32H,2,4,8,11,18-20H2,1,3H3. The molecule has 0 aliphatic heterocycles. The molecule has 180 valence electrons. The fraction of sp³-hybridized carbons (Fsp3) is 0.258. The lowest BCUT2D eigenvalue weighted by Crippen LogP contribution is -2.13. The summed E-state index contributed by atoms with van der Waals surface area (Å²) in [6.07, 6.45) is 2.22. The summed E-state index contributed by atoms with van der Waals surface area (Å²) in [5.74, 6) is 6.86. The molecule has 4 heteroatoms. The lowest BCUT2D eigenvalue weighted by atomic mass is 9.96. The van der Waals surface area contributed by atoms with E-state index in [-0.39, 0.29) is 19.8 Å². The molecule has 0 aromatic heterocycles. The molecule has 0 spiro atoms. The van der Waals surface area contributed by atoms with Crippen LogP contribution in [0.1, 0.15) is 42.5 Å². The van der Waals surface area contributed by atoms with Crippen LogP contribution in [0.25, 0.3) is 11.1 Å². The van der Waals surface area contributed by atoms with Crippen LogP contribution in [-0.4, -0.2) is 30.9 Å². The molecule has 4 nitrogen and oxygen atoms in total. The van der Waals surface area contributed by atoms with E-state index in [1.165, 1.54) is 5.56 Å². The summed E-state index contributed by atoms with van der Waals surface area (Å²) in [6.45, 7) is 7.82. The van der Waals surface area contributed by atoms with Crippen LogP contribution in [0.2, 0.25) is 0 Å². The van der Waals surface area contributed by atoms with Crippen LogP contribution in [0, 0.1) is 11.8 Å². The molecule has 35 heavy (non-hydrogen) atoms. The number of aliphatic hydroxyl groups excluding tert-OH is 1. The van der Waals surface area contributed by atoms with Gasteiger partial charge in [0, 0.05) is 23.3 Å². The van der Waals surface area contributed by atoms with E-state index in [1.807, 2.05) is 42.5 Å². The Morgan fingerprint density at radius 3 is 2.40 bits per heavy atom. The summed E-state index contributed by atoms with van der Waals surface area (Å²) in [4.78, 5) is 11.6. The Labute approximate surface area is 208 Å². The Hall–Kier alpha value is -3.81. The monoisotopic (exact) mass is 468 g/mol. The molecule has 0 radical (unpaired) electrons. The van der Waals surface area contributed by atoms with E-state index in [0.29, 0.717) is 18.4 Å². The molecule has 0 unspecified atom stereocenters. The van der Waals surface area contributed by atoms with Crippen molar-refractivity contribution in [2.45, 2.75) is 33.1 Å². The number of carbonyl (C=O) groups is 1. The Balaban J connectivity index is 1.82. The topological polar surface area (TPSA) is 55.8 Å². The third-order valence-electron chi connectivity index (χ3n) is 5.53. The maximum Gasteiger partial charge on any atom is 0.333 e. The molecule has 0 saturated heterocycles. The molecule has 3 aromatic carbocycles. The van der Waals surface area contributed by atoms with Crippen LogP contribution in [0.15, 0.2) is 78.9 Å². The minimum Gasteiger partial charge on any atom is -0.490 e. The summed E-state index contributed by atoms with van der Waals surface area (Å²) in [5.41, 5.74) is 6.69. The highest BCUT2D eigenvalue weighted by Gasteiger charge is 2.10. The highest BCUT2D eigenvalue weighted by Crippen LogP contribution is 2.30. The van der Waals surface area contributed by atoms with Crippen molar-refractivity contribution >= 4 is 5.97 Å². The molecule has 0 amide bonds. The van der Waals surface area contributed by atoms with Crippen LogP contribution in [0.5, 0.6) is 5.75 Å². The molecule has 0 aliphatic carbocycles. The average molecular weight is 469 g/mol. The Morgan fingerprint density at radius 1 is 0.943 bits per heavy atom. The summed E-state index contributed by atoms with van der Waals surface area (Å²) >= 11 is 0. The highest BCUT2D eigenvalue weighted by atomic mass is 16.6. The first kappa shape index (κ1) is 25.8. The number of aliphatic hydroxyl groups is 1. The predicted molar refractivity (Wildman–Crippen MR) is 140 cm³/mol. The predicted octanol–water partition coefficient (Wildman–Crippen LogP) is 5.74. The van der Waals surface area contributed by atoms with Gasteiger partial charge in [-0.2, -0.15) is 0 Å². The minimum absolute atomic E-state index is 0.114. The number of benzene rings is 3. The average Bonchev–Trinajstić information content (AvgIpc) is 2.89. The number of hydrogen-bond donors (Lipinski definition) is 1. The number of ether oxygens (including phenoxy) is 2. The first-order valence-electron chi connectivity index (χ1n) is 11.9. The van der Waals surface area contributed by atoms with E-state index in [0.717, 1.165) is 40.0 Å². The smallest absolute Gasteiger partial charge is 0.333 e. The summed E-state index contributed by atoms with van der Waals surface area (Å²) in [7, 11) is 0. The number of esters is 1. The van der Waals surface area contributed by atoms with Crippen molar-refractivity contribution in [2.24, 2.45) is 0 Å². The molecule has 0 heterocycles. The van der Waals surface area contributed by atoms with Gasteiger partial charge in [0.25, 0.3) is 0 Å². The van der Waals surface area contributed by atoms with Crippen molar-refractivity contribution in [1.82, 2.24) is 0 Å². The molecule has 0 saturated carbocycles. The summed E-state index contributed by atoms with van der Waals surface area (Å²) in [6, 6.07) is 22.4. The van der Waals surface area contributed by atoms with Crippen LogP contribution >= 0.6 is 0 Å². The van der Waals surface area contributed by atoms with Crippen LogP contribution < -0.4 is 4.74 Å². The minimum atomic E-state index is -0.426. The maximum absolute atomic E-state index is 11.6. The second-order valence-electron chi connectivity index (χ2n) is 8.26. The van der Waals surface area contributed by atoms with Gasteiger partial charge < -0.3 is 14.6 Å². The van der Waals surface area contributed by atoms with E-state index >= 15 is 0 Å². The molecule has 3 aromatic rings. The van der Waals surface area contributed by atoms with E-state index in [9.17, 15) is 9.90 Å². The van der Waals surface area contributed by atoms with Crippen molar-refractivity contribution in [3.63, 3.8) is 0 Å². The van der Waals surface area contributed by atoms with Crippen molar-refractivity contribution in [1.29, 1.82) is 0 Å². The number of aryl methyl sites for hydroxylation is 2. The van der Waals surface area contributed by atoms with Crippen molar-refractivity contribution in [3.8, 4) is 28.7 Å². The van der Waals surface area contributed by atoms with Gasteiger partial charge in [-0.3, -0.25) is 0 Å². The zero-order valence-corrected chi connectivity index (χ0v) is 20.5. The van der Waals surface area contributed by atoms with Crippen LogP contribution in [-0.2, 0) is 22.4 Å². The zero-order chi connectivity index (χ0) is 25.0. The molecule has 0 fully saturated rings. The molecule has 0 atom stereocenters. The maximum atomic E-state index is 11.6. The molecule has 0 aliphatic rings. The fourth-order valence-corrected chi connectivity index (χ4v) is 3.60. The van der Waals surface area contributed by atoms with Gasteiger partial charge in [-0.05, 0) is 78.8 Å². The zero-order valence-electron chi connectivity index (χ0n) is 20.5. The van der Waals surface area contributed by atoms with Gasteiger partial charge in [0.2, 0.25) is 0 Å². The summed E-state index contributed by atoms with van der Waals surface area (Å²) < 4.78 is 11.1. The molecular formula is C31H32O4. The number of rotatable bonds is 10. The van der Waals surface area contributed by atoms with E-state index in [4.69, 9.17) is 9.47 Å². The number of hydrogen-bond acceptors (Lipinski definition) is 4. The second-order valence-corrected chi connectivity index (χ2v) is 8.26. The van der Waals surface area contributed by atoms with E-state index in [2.05, 4.69) is 49.6 Å². The van der Waals surface area contributed by atoms with Gasteiger partial charge in [0.15, 0.2) is 0 Å². The van der Waals surface area contributed by atoms with Crippen molar-refractivity contribution < 1.29 is 19.4 Å².